The molecule has 28 heavy (non-hydrogen) atoms. The van der Waals surface area contributed by atoms with Crippen molar-refractivity contribution in [3.63, 3.8) is 0 Å². The van der Waals surface area contributed by atoms with Crippen molar-refractivity contribution < 1.29 is 9.53 Å². The Morgan fingerprint density at radius 3 is 2.61 bits per heavy atom. The monoisotopic (exact) mass is 375 g/mol. The molecule has 2 aromatic carbocycles. The van der Waals surface area contributed by atoms with Crippen molar-refractivity contribution in [3.8, 4) is 5.75 Å². The molecule has 0 bridgehead atoms. The fourth-order valence-electron chi connectivity index (χ4n) is 3.03. The minimum absolute atomic E-state index is 0.181. The summed E-state index contributed by atoms with van der Waals surface area (Å²) in [4.78, 5) is 16.8. The maximum absolute atomic E-state index is 12.6. The number of ether oxygens (including phenoxy) is 1. The van der Waals surface area contributed by atoms with Crippen LogP contribution < -0.4 is 15.4 Å². The number of rotatable bonds is 7. The van der Waals surface area contributed by atoms with E-state index in [-0.39, 0.29) is 5.91 Å². The second-order valence-electron chi connectivity index (χ2n) is 6.82. The summed E-state index contributed by atoms with van der Waals surface area (Å²) >= 11 is 0. The molecule has 0 aliphatic heterocycles. The summed E-state index contributed by atoms with van der Waals surface area (Å²) in [5.41, 5.74) is 4.44. The Morgan fingerprint density at radius 1 is 1.07 bits per heavy atom. The molecule has 0 saturated heterocycles. The molecule has 0 saturated carbocycles. The van der Waals surface area contributed by atoms with E-state index in [1.54, 1.807) is 19.5 Å². The van der Waals surface area contributed by atoms with Gasteiger partial charge in [-0.05, 0) is 29.7 Å². The number of hydrogen-bond donors (Lipinski definition) is 2. The standard InChI is InChI=1S/C23H25N3O2/c1-16(2)20-9-5-6-10-21(20)26-19-12-18(13-24-15-19)23(27)25-14-17-8-4-7-11-22(17)28-3/h4-13,15-16,26H,14H2,1-3H3,(H,25,27). The summed E-state index contributed by atoms with van der Waals surface area (Å²) in [6.45, 7) is 4.69. The highest BCUT2D eigenvalue weighted by atomic mass is 16.5. The summed E-state index contributed by atoms with van der Waals surface area (Å²) in [6, 6.07) is 17.6. The van der Waals surface area contributed by atoms with Crippen LogP contribution in [0, 0.1) is 0 Å². The number of hydrogen-bond acceptors (Lipinski definition) is 4. The zero-order valence-electron chi connectivity index (χ0n) is 16.4. The lowest BCUT2D eigenvalue weighted by Gasteiger charge is -2.15. The maximum atomic E-state index is 12.6. The van der Waals surface area contributed by atoms with Gasteiger partial charge in [-0.15, -0.1) is 0 Å². The van der Waals surface area contributed by atoms with Gasteiger partial charge in [0.25, 0.3) is 5.91 Å². The molecule has 0 aliphatic carbocycles. The zero-order chi connectivity index (χ0) is 19.9. The number of para-hydroxylation sites is 2. The van der Waals surface area contributed by atoms with Crippen LogP contribution >= 0.6 is 0 Å². The van der Waals surface area contributed by atoms with Crippen molar-refractivity contribution in [1.29, 1.82) is 0 Å². The minimum atomic E-state index is -0.181. The number of carbonyl (C=O) groups is 1. The summed E-state index contributed by atoms with van der Waals surface area (Å²) < 4.78 is 5.33. The summed E-state index contributed by atoms with van der Waals surface area (Å²) in [5, 5.41) is 6.30. The third-order valence-electron chi connectivity index (χ3n) is 4.49. The van der Waals surface area contributed by atoms with Gasteiger partial charge in [0.2, 0.25) is 0 Å². The van der Waals surface area contributed by atoms with Crippen LogP contribution in [0.3, 0.4) is 0 Å². The molecule has 144 valence electrons. The van der Waals surface area contributed by atoms with Gasteiger partial charge in [-0.1, -0.05) is 50.2 Å². The molecule has 0 unspecified atom stereocenters. The molecular formula is C23H25N3O2. The molecule has 0 radical (unpaired) electrons. The van der Waals surface area contributed by atoms with E-state index in [0.29, 0.717) is 18.0 Å². The average molecular weight is 375 g/mol. The summed E-state index contributed by atoms with van der Waals surface area (Å²) in [5.74, 6) is 0.963. The summed E-state index contributed by atoms with van der Waals surface area (Å²) in [6.07, 6.45) is 3.28. The fourth-order valence-corrected chi connectivity index (χ4v) is 3.03. The first-order valence-corrected chi connectivity index (χ1v) is 9.29. The molecule has 0 atom stereocenters. The molecule has 5 nitrogen and oxygen atoms in total. The molecule has 3 rings (SSSR count). The van der Waals surface area contributed by atoms with E-state index in [1.165, 1.54) is 5.56 Å². The Bertz CT molecular complexity index is 954. The number of carbonyl (C=O) groups excluding carboxylic acids is 1. The van der Waals surface area contributed by atoms with Gasteiger partial charge in [0.1, 0.15) is 5.75 Å². The average Bonchev–Trinajstić information content (AvgIpc) is 2.72. The molecule has 0 fully saturated rings. The van der Waals surface area contributed by atoms with E-state index >= 15 is 0 Å². The Kier molecular flexibility index (Phi) is 6.27. The molecule has 5 heteroatoms. The largest absolute Gasteiger partial charge is 0.496 e. The van der Waals surface area contributed by atoms with Crippen LogP contribution in [0.15, 0.2) is 67.0 Å². The predicted molar refractivity (Wildman–Crippen MR) is 112 cm³/mol. The first-order valence-electron chi connectivity index (χ1n) is 9.29. The van der Waals surface area contributed by atoms with E-state index < -0.39 is 0 Å². The van der Waals surface area contributed by atoms with Gasteiger partial charge in [0, 0.05) is 24.0 Å². The maximum Gasteiger partial charge on any atom is 0.253 e. The second-order valence-corrected chi connectivity index (χ2v) is 6.82. The van der Waals surface area contributed by atoms with Crippen molar-refractivity contribution in [3.05, 3.63) is 83.7 Å². The van der Waals surface area contributed by atoms with Crippen LogP contribution in [-0.4, -0.2) is 18.0 Å². The van der Waals surface area contributed by atoms with Gasteiger partial charge in [0.05, 0.1) is 24.6 Å². The third-order valence-corrected chi connectivity index (χ3v) is 4.49. The van der Waals surface area contributed by atoms with Gasteiger partial charge >= 0.3 is 0 Å². The van der Waals surface area contributed by atoms with E-state index in [2.05, 4.69) is 35.5 Å². The van der Waals surface area contributed by atoms with Crippen molar-refractivity contribution in [2.24, 2.45) is 0 Å². The van der Waals surface area contributed by atoms with Crippen LogP contribution in [0.4, 0.5) is 11.4 Å². The number of nitrogens with one attached hydrogen (secondary N) is 2. The van der Waals surface area contributed by atoms with Crippen LogP contribution in [0.5, 0.6) is 5.75 Å². The number of benzene rings is 2. The van der Waals surface area contributed by atoms with Gasteiger partial charge < -0.3 is 15.4 Å². The van der Waals surface area contributed by atoms with Gasteiger partial charge in [-0.25, -0.2) is 0 Å². The van der Waals surface area contributed by atoms with Crippen LogP contribution in [0.1, 0.15) is 41.3 Å². The molecule has 3 aromatic rings. The lowest BCUT2D eigenvalue weighted by molar-refractivity contribution is 0.0950. The van der Waals surface area contributed by atoms with Crippen molar-refractivity contribution in [2.45, 2.75) is 26.3 Å². The lowest BCUT2D eigenvalue weighted by Crippen LogP contribution is -2.23. The van der Waals surface area contributed by atoms with Crippen molar-refractivity contribution >= 4 is 17.3 Å². The highest BCUT2D eigenvalue weighted by molar-refractivity contribution is 5.94. The SMILES string of the molecule is COc1ccccc1CNC(=O)c1cncc(Nc2ccccc2C(C)C)c1. The Morgan fingerprint density at radius 2 is 1.82 bits per heavy atom. The normalized spacial score (nSPS) is 10.6. The first-order chi connectivity index (χ1) is 13.6. The van der Waals surface area contributed by atoms with E-state index in [0.717, 1.165) is 22.7 Å². The van der Waals surface area contributed by atoms with Gasteiger partial charge in [-0.2, -0.15) is 0 Å². The second kappa shape index (κ2) is 9.04. The fraction of sp³-hybridized carbons (Fsp3) is 0.217. The van der Waals surface area contributed by atoms with Crippen LogP contribution in [-0.2, 0) is 6.54 Å². The minimum Gasteiger partial charge on any atom is -0.496 e. The zero-order valence-corrected chi connectivity index (χ0v) is 16.4. The number of pyridine rings is 1. The third kappa shape index (κ3) is 4.68. The number of aromatic nitrogens is 1. The Hall–Kier alpha value is -3.34. The highest BCUT2D eigenvalue weighted by Gasteiger charge is 2.10. The molecule has 1 heterocycles. The van der Waals surface area contributed by atoms with Crippen LogP contribution in [0.25, 0.3) is 0 Å². The molecule has 1 amide bonds. The van der Waals surface area contributed by atoms with Crippen LogP contribution in [0.2, 0.25) is 0 Å². The quantitative estimate of drug-likeness (QED) is 0.617. The molecule has 0 aliphatic rings. The topological polar surface area (TPSA) is 63.2 Å². The predicted octanol–water partition coefficient (Wildman–Crippen LogP) is 4.89. The highest BCUT2D eigenvalue weighted by Crippen LogP contribution is 2.27. The van der Waals surface area contributed by atoms with E-state index in [4.69, 9.17) is 4.74 Å². The summed E-state index contributed by atoms with van der Waals surface area (Å²) in [7, 11) is 1.62. The lowest BCUT2D eigenvalue weighted by atomic mass is 10.0. The van der Waals surface area contributed by atoms with Gasteiger partial charge in [-0.3, -0.25) is 9.78 Å². The Balaban J connectivity index is 1.72. The molecule has 2 N–H and O–H groups in total. The number of nitrogens with zero attached hydrogens (tertiary/aromatic N) is 1. The number of methoxy groups -OCH3 is 1. The van der Waals surface area contributed by atoms with Gasteiger partial charge in [0.15, 0.2) is 0 Å². The first kappa shape index (κ1) is 19.4. The molecular weight excluding hydrogens is 350 g/mol. The number of amides is 1. The molecule has 0 spiro atoms. The van der Waals surface area contributed by atoms with E-state index in [1.807, 2.05) is 48.5 Å². The smallest absolute Gasteiger partial charge is 0.253 e. The molecule has 1 aromatic heterocycles. The van der Waals surface area contributed by atoms with Crippen molar-refractivity contribution in [2.75, 3.05) is 12.4 Å². The Labute approximate surface area is 165 Å². The number of anilines is 2. The van der Waals surface area contributed by atoms with E-state index in [9.17, 15) is 4.79 Å². The van der Waals surface area contributed by atoms with Crippen molar-refractivity contribution in [1.82, 2.24) is 10.3 Å².